The van der Waals surface area contributed by atoms with E-state index in [1.54, 1.807) is 0 Å². The highest BCUT2D eigenvalue weighted by Crippen LogP contribution is 2.46. The summed E-state index contributed by atoms with van der Waals surface area (Å²) in [6.45, 7) is 0. The van der Waals surface area contributed by atoms with Crippen LogP contribution in [-0.2, 0) is 0 Å². The zero-order chi connectivity index (χ0) is 10.5. The minimum Gasteiger partial charge on any atom is -0.0616 e. The van der Waals surface area contributed by atoms with Crippen molar-refractivity contribution in [1.82, 2.24) is 0 Å². The third kappa shape index (κ3) is 0.849. The van der Waals surface area contributed by atoms with Gasteiger partial charge in [-0.15, -0.1) is 0 Å². The maximum Gasteiger partial charge on any atom is -0.00259 e. The van der Waals surface area contributed by atoms with Crippen LogP contribution >= 0.6 is 0 Å². The number of rotatable bonds is 0. The molecule has 0 unspecified atom stereocenters. The predicted octanol–water partition coefficient (Wildman–Crippen LogP) is 4.29. The van der Waals surface area contributed by atoms with Gasteiger partial charge < -0.3 is 0 Å². The molecule has 0 heterocycles. The molecule has 0 N–H and O–H groups in total. The van der Waals surface area contributed by atoms with Crippen LogP contribution < -0.4 is 0 Å². The van der Waals surface area contributed by atoms with E-state index in [0.29, 0.717) is 0 Å². The molecular formula is C16H9. The third-order valence-corrected chi connectivity index (χ3v) is 3.34. The Morgan fingerprint density at radius 3 is 2.25 bits per heavy atom. The fourth-order valence-electron chi connectivity index (χ4n) is 2.67. The van der Waals surface area contributed by atoms with Crippen LogP contribution in [0.15, 0.2) is 54.6 Å². The first-order chi connectivity index (χ1) is 7.95. The van der Waals surface area contributed by atoms with Gasteiger partial charge >= 0.3 is 0 Å². The lowest BCUT2D eigenvalue weighted by Crippen LogP contribution is -1.74. The van der Waals surface area contributed by atoms with Gasteiger partial charge in [-0.1, -0.05) is 42.5 Å². The second-order valence-electron chi connectivity index (χ2n) is 4.18. The maximum absolute atomic E-state index is 3.23. The average molecular weight is 201 g/mol. The summed E-state index contributed by atoms with van der Waals surface area (Å²) in [5, 5.41) is 2.66. The average Bonchev–Trinajstić information content (AvgIpc) is 2.68. The summed E-state index contributed by atoms with van der Waals surface area (Å²) in [6, 6.07) is 22.5. The highest BCUT2D eigenvalue weighted by Gasteiger charge is 2.19. The molecule has 0 fully saturated rings. The first-order valence-electron chi connectivity index (χ1n) is 5.48. The molecule has 3 aromatic rings. The van der Waals surface area contributed by atoms with Crippen LogP contribution in [0.3, 0.4) is 0 Å². The van der Waals surface area contributed by atoms with Gasteiger partial charge in [-0.3, -0.25) is 0 Å². The SMILES string of the molecule is [c]1cc2c3c(cccc3c1)-c1ccccc1-2. The number of fused-ring (bicyclic) bond motifs is 3. The van der Waals surface area contributed by atoms with Crippen LogP contribution in [0.2, 0.25) is 0 Å². The van der Waals surface area contributed by atoms with E-state index in [1.165, 1.54) is 33.0 Å². The minimum absolute atomic E-state index is 1.28. The van der Waals surface area contributed by atoms with Gasteiger partial charge in [0.15, 0.2) is 0 Å². The Kier molecular flexibility index (Phi) is 1.39. The van der Waals surface area contributed by atoms with Crippen LogP contribution in [0.25, 0.3) is 33.0 Å². The Hall–Kier alpha value is -2.08. The molecule has 0 saturated heterocycles. The third-order valence-electron chi connectivity index (χ3n) is 3.34. The summed E-state index contributed by atoms with van der Waals surface area (Å²) >= 11 is 0. The minimum atomic E-state index is 1.28. The maximum atomic E-state index is 3.23. The molecule has 4 rings (SSSR count). The van der Waals surface area contributed by atoms with Crippen LogP contribution in [0.5, 0.6) is 0 Å². The zero-order valence-electron chi connectivity index (χ0n) is 8.70. The summed E-state index contributed by atoms with van der Waals surface area (Å²) in [5.74, 6) is 0. The highest BCUT2D eigenvalue weighted by atomic mass is 14.2. The molecule has 3 aromatic carbocycles. The van der Waals surface area contributed by atoms with Gasteiger partial charge in [0.25, 0.3) is 0 Å². The number of benzene rings is 3. The van der Waals surface area contributed by atoms with Gasteiger partial charge in [-0.25, -0.2) is 0 Å². The monoisotopic (exact) mass is 201 g/mol. The zero-order valence-corrected chi connectivity index (χ0v) is 8.70. The van der Waals surface area contributed by atoms with Gasteiger partial charge in [-0.2, -0.15) is 0 Å². The molecule has 16 heavy (non-hydrogen) atoms. The molecule has 0 nitrogen and oxygen atoms in total. The molecule has 0 bridgehead atoms. The van der Waals surface area contributed by atoms with E-state index >= 15 is 0 Å². The second-order valence-corrected chi connectivity index (χ2v) is 4.18. The van der Waals surface area contributed by atoms with E-state index in [4.69, 9.17) is 0 Å². The molecule has 1 aliphatic carbocycles. The van der Waals surface area contributed by atoms with Crippen LogP contribution in [0.4, 0.5) is 0 Å². The first kappa shape index (κ1) is 8.12. The van der Waals surface area contributed by atoms with Gasteiger partial charge in [0, 0.05) is 0 Å². The topological polar surface area (TPSA) is 0 Å². The quantitative estimate of drug-likeness (QED) is 0.398. The lowest BCUT2D eigenvalue weighted by atomic mass is 10.0. The molecule has 0 aliphatic heterocycles. The summed E-state index contributed by atoms with van der Waals surface area (Å²) in [5.41, 5.74) is 5.37. The molecule has 0 heteroatoms. The van der Waals surface area contributed by atoms with E-state index < -0.39 is 0 Å². The van der Waals surface area contributed by atoms with Crippen molar-refractivity contribution < 1.29 is 0 Å². The number of hydrogen-bond acceptors (Lipinski definition) is 0. The van der Waals surface area contributed by atoms with Crippen molar-refractivity contribution in [1.29, 1.82) is 0 Å². The second kappa shape index (κ2) is 2.73. The smallest absolute Gasteiger partial charge is 0.00259 e. The Bertz CT molecular complexity index is 650. The van der Waals surface area contributed by atoms with Gasteiger partial charge in [0.1, 0.15) is 0 Å². The van der Waals surface area contributed by atoms with Gasteiger partial charge in [0.2, 0.25) is 0 Å². The Morgan fingerprint density at radius 1 is 0.625 bits per heavy atom. The van der Waals surface area contributed by atoms with Crippen molar-refractivity contribution in [2.45, 2.75) is 0 Å². The van der Waals surface area contributed by atoms with E-state index in [9.17, 15) is 0 Å². The molecule has 0 spiro atoms. The Labute approximate surface area is 94.2 Å². The molecule has 0 atom stereocenters. The highest BCUT2D eigenvalue weighted by molar-refractivity contribution is 6.14. The normalized spacial score (nSPS) is 11.8. The van der Waals surface area contributed by atoms with Crippen LogP contribution in [0.1, 0.15) is 0 Å². The number of hydrogen-bond donors (Lipinski definition) is 0. The largest absolute Gasteiger partial charge is 0.0616 e. The summed E-state index contributed by atoms with van der Waals surface area (Å²) in [6.07, 6.45) is 0. The van der Waals surface area contributed by atoms with E-state index in [2.05, 4.69) is 60.7 Å². The lowest BCUT2D eigenvalue weighted by Gasteiger charge is -2.00. The van der Waals surface area contributed by atoms with Crippen molar-refractivity contribution in [3.63, 3.8) is 0 Å². The molecule has 1 aliphatic rings. The van der Waals surface area contributed by atoms with E-state index in [1.807, 2.05) is 0 Å². The van der Waals surface area contributed by atoms with Gasteiger partial charge in [-0.05, 0) is 51.2 Å². The van der Waals surface area contributed by atoms with Crippen LogP contribution in [0, 0.1) is 6.07 Å². The molecule has 1 radical (unpaired) electrons. The molecule has 73 valence electrons. The lowest BCUT2D eigenvalue weighted by molar-refractivity contribution is 1.69. The fourth-order valence-corrected chi connectivity index (χ4v) is 2.67. The standard InChI is InChI=1S/C16H9/c1-2-8-13-12(7-1)14-9-3-5-11-6-4-10-15(13)16(11)14/h1-3,5-10H. The van der Waals surface area contributed by atoms with Crippen molar-refractivity contribution in [3.8, 4) is 22.3 Å². The Morgan fingerprint density at radius 2 is 1.38 bits per heavy atom. The van der Waals surface area contributed by atoms with E-state index in [0.717, 1.165) is 0 Å². The first-order valence-corrected chi connectivity index (χ1v) is 5.48. The summed E-state index contributed by atoms with van der Waals surface area (Å²) in [4.78, 5) is 0. The Balaban J connectivity index is 2.31. The predicted molar refractivity (Wildman–Crippen MR) is 67.2 cm³/mol. The van der Waals surface area contributed by atoms with Crippen molar-refractivity contribution in [2.24, 2.45) is 0 Å². The molecule has 0 aromatic heterocycles. The van der Waals surface area contributed by atoms with Gasteiger partial charge in [0.05, 0.1) is 0 Å². The molecular weight excluding hydrogens is 192 g/mol. The molecule has 0 amide bonds. The van der Waals surface area contributed by atoms with E-state index in [-0.39, 0.29) is 0 Å². The molecule has 0 saturated carbocycles. The fraction of sp³-hybridized carbons (Fsp3) is 0. The van der Waals surface area contributed by atoms with Crippen molar-refractivity contribution >= 4 is 10.8 Å². The van der Waals surface area contributed by atoms with Crippen molar-refractivity contribution in [2.75, 3.05) is 0 Å². The van der Waals surface area contributed by atoms with Crippen molar-refractivity contribution in [3.05, 3.63) is 60.7 Å². The van der Waals surface area contributed by atoms with Crippen LogP contribution in [-0.4, -0.2) is 0 Å². The summed E-state index contributed by atoms with van der Waals surface area (Å²) in [7, 11) is 0. The summed E-state index contributed by atoms with van der Waals surface area (Å²) < 4.78 is 0.